The molecule has 1 amide bonds. The fourth-order valence-corrected chi connectivity index (χ4v) is 3.72. The Morgan fingerprint density at radius 2 is 2.24 bits per heavy atom. The zero-order valence-corrected chi connectivity index (χ0v) is 14.5. The minimum Gasteiger partial charge on any atom is -0.373 e. The van der Waals surface area contributed by atoms with Crippen LogP contribution >= 0.6 is 0 Å². The van der Waals surface area contributed by atoms with Gasteiger partial charge in [0.15, 0.2) is 0 Å². The molecule has 2 aromatic heterocycles. The SMILES string of the molecule is Cc1noc(C)c1CN1CCO[C@H]2CN(C(=O)c3cccnc3)C[C@H]21. The Balaban J connectivity index is 1.49. The molecule has 2 fully saturated rings. The van der Waals surface area contributed by atoms with E-state index in [0.717, 1.165) is 30.1 Å². The van der Waals surface area contributed by atoms with E-state index in [1.807, 2.05) is 18.7 Å². The third-order valence-corrected chi connectivity index (χ3v) is 5.15. The molecule has 2 atom stereocenters. The van der Waals surface area contributed by atoms with Crippen LogP contribution in [0.3, 0.4) is 0 Å². The van der Waals surface area contributed by atoms with Crippen LogP contribution in [0.2, 0.25) is 0 Å². The highest BCUT2D eigenvalue weighted by atomic mass is 16.5. The summed E-state index contributed by atoms with van der Waals surface area (Å²) in [6.45, 7) is 7.51. The lowest BCUT2D eigenvalue weighted by atomic mass is 10.1. The van der Waals surface area contributed by atoms with Gasteiger partial charge in [-0.05, 0) is 26.0 Å². The zero-order valence-electron chi connectivity index (χ0n) is 14.5. The lowest BCUT2D eigenvalue weighted by Crippen LogP contribution is -2.50. The maximum Gasteiger partial charge on any atom is 0.255 e. The molecule has 132 valence electrons. The number of nitrogens with zero attached hydrogens (tertiary/aromatic N) is 4. The van der Waals surface area contributed by atoms with Gasteiger partial charge in [-0.15, -0.1) is 0 Å². The van der Waals surface area contributed by atoms with Crippen LogP contribution in [-0.4, -0.2) is 64.2 Å². The van der Waals surface area contributed by atoms with Gasteiger partial charge in [-0.3, -0.25) is 14.7 Å². The number of likely N-dealkylation sites (tertiary alicyclic amines) is 1. The molecule has 7 heteroatoms. The van der Waals surface area contributed by atoms with Crippen molar-refractivity contribution in [1.82, 2.24) is 19.9 Å². The molecule has 0 bridgehead atoms. The van der Waals surface area contributed by atoms with E-state index in [1.54, 1.807) is 24.5 Å². The molecule has 4 rings (SSSR count). The normalized spacial score (nSPS) is 23.7. The number of carbonyl (C=O) groups excluding carboxylic acids is 1. The van der Waals surface area contributed by atoms with E-state index in [1.165, 1.54) is 0 Å². The Kier molecular flexibility index (Phi) is 4.27. The first-order valence-electron chi connectivity index (χ1n) is 8.60. The van der Waals surface area contributed by atoms with Crippen molar-refractivity contribution in [2.45, 2.75) is 32.5 Å². The Bertz CT molecular complexity index is 741. The van der Waals surface area contributed by atoms with Crippen molar-refractivity contribution >= 4 is 5.91 Å². The topological polar surface area (TPSA) is 71.7 Å². The van der Waals surface area contributed by atoms with Crippen molar-refractivity contribution in [3.63, 3.8) is 0 Å². The quantitative estimate of drug-likeness (QED) is 0.840. The Labute approximate surface area is 146 Å². The number of ether oxygens (including phenoxy) is 1. The third kappa shape index (κ3) is 3.05. The second kappa shape index (κ2) is 6.57. The molecule has 7 nitrogen and oxygen atoms in total. The first kappa shape index (κ1) is 16.2. The number of hydrogen-bond donors (Lipinski definition) is 0. The molecule has 2 aliphatic rings. The zero-order chi connectivity index (χ0) is 17.4. The molecule has 25 heavy (non-hydrogen) atoms. The molecule has 0 spiro atoms. The number of hydrogen-bond acceptors (Lipinski definition) is 6. The fraction of sp³-hybridized carbons (Fsp3) is 0.500. The maximum absolute atomic E-state index is 12.7. The van der Waals surface area contributed by atoms with Gasteiger partial charge in [0.25, 0.3) is 5.91 Å². The summed E-state index contributed by atoms with van der Waals surface area (Å²) in [5.41, 5.74) is 2.69. The summed E-state index contributed by atoms with van der Waals surface area (Å²) in [5.74, 6) is 0.880. The summed E-state index contributed by atoms with van der Waals surface area (Å²) in [6.07, 6.45) is 3.34. The van der Waals surface area contributed by atoms with Gasteiger partial charge in [-0.25, -0.2) is 0 Å². The van der Waals surface area contributed by atoms with Gasteiger partial charge in [-0.2, -0.15) is 0 Å². The molecule has 2 aromatic rings. The highest BCUT2D eigenvalue weighted by Crippen LogP contribution is 2.27. The molecular weight excluding hydrogens is 320 g/mol. The van der Waals surface area contributed by atoms with Crippen LogP contribution in [0.25, 0.3) is 0 Å². The van der Waals surface area contributed by atoms with Crippen molar-refractivity contribution in [2.24, 2.45) is 0 Å². The number of aryl methyl sites for hydroxylation is 2. The van der Waals surface area contributed by atoms with Gasteiger partial charge in [0.2, 0.25) is 0 Å². The van der Waals surface area contributed by atoms with Crippen LogP contribution in [0.4, 0.5) is 0 Å². The Morgan fingerprint density at radius 3 is 2.96 bits per heavy atom. The largest absolute Gasteiger partial charge is 0.373 e. The molecule has 0 aliphatic carbocycles. The monoisotopic (exact) mass is 342 g/mol. The van der Waals surface area contributed by atoms with Crippen LogP contribution in [-0.2, 0) is 11.3 Å². The molecule has 0 aromatic carbocycles. The fourth-order valence-electron chi connectivity index (χ4n) is 3.72. The smallest absolute Gasteiger partial charge is 0.255 e. The average Bonchev–Trinajstić information content (AvgIpc) is 3.21. The first-order chi connectivity index (χ1) is 12.1. The molecule has 2 saturated heterocycles. The number of aromatic nitrogens is 2. The van der Waals surface area contributed by atoms with E-state index in [9.17, 15) is 4.79 Å². The van der Waals surface area contributed by atoms with Gasteiger partial charge in [0.1, 0.15) is 5.76 Å². The van der Waals surface area contributed by atoms with E-state index >= 15 is 0 Å². The van der Waals surface area contributed by atoms with E-state index < -0.39 is 0 Å². The number of pyridine rings is 1. The number of amides is 1. The minimum absolute atomic E-state index is 0.0170. The Hall–Kier alpha value is -2.25. The highest BCUT2D eigenvalue weighted by Gasteiger charge is 2.42. The lowest BCUT2D eigenvalue weighted by molar-refractivity contribution is -0.0505. The molecule has 0 saturated carbocycles. The van der Waals surface area contributed by atoms with Crippen molar-refractivity contribution in [3.05, 3.63) is 47.1 Å². The summed E-state index contributed by atoms with van der Waals surface area (Å²) >= 11 is 0. The predicted octanol–water partition coefficient (Wildman–Crippen LogP) is 1.41. The van der Waals surface area contributed by atoms with Crippen LogP contribution in [0, 0.1) is 13.8 Å². The van der Waals surface area contributed by atoms with E-state index in [0.29, 0.717) is 25.3 Å². The van der Waals surface area contributed by atoms with Gasteiger partial charge >= 0.3 is 0 Å². The van der Waals surface area contributed by atoms with Crippen LogP contribution in [0.5, 0.6) is 0 Å². The summed E-state index contributed by atoms with van der Waals surface area (Å²) in [4.78, 5) is 21.0. The number of carbonyl (C=O) groups is 1. The first-order valence-corrected chi connectivity index (χ1v) is 8.60. The van der Waals surface area contributed by atoms with Crippen molar-refractivity contribution in [3.8, 4) is 0 Å². The van der Waals surface area contributed by atoms with Crippen LogP contribution in [0.15, 0.2) is 29.0 Å². The summed E-state index contributed by atoms with van der Waals surface area (Å²) in [5, 5.41) is 4.05. The number of morpholine rings is 1. The van der Waals surface area contributed by atoms with Gasteiger partial charge in [-0.1, -0.05) is 5.16 Å². The van der Waals surface area contributed by atoms with Crippen molar-refractivity contribution in [1.29, 1.82) is 0 Å². The van der Waals surface area contributed by atoms with E-state index in [2.05, 4.69) is 15.0 Å². The van der Waals surface area contributed by atoms with Crippen molar-refractivity contribution in [2.75, 3.05) is 26.2 Å². The summed E-state index contributed by atoms with van der Waals surface area (Å²) < 4.78 is 11.2. The molecule has 0 unspecified atom stereocenters. The summed E-state index contributed by atoms with van der Waals surface area (Å²) in [7, 11) is 0. The molecule has 0 radical (unpaired) electrons. The van der Waals surface area contributed by atoms with E-state index in [-0.39, 0.29) is 18.1 Å². The maximum atomic E-state index is 12.7. The third-order valence-electron chi connectivity index (χ3n) is 5.15. The van der Waals surface area contributed by atoms with Crippen LogP contribution < -0.4 is 0 Å². The number of rotatable bonds is 3. The number of fused-ring (bicyclic) bond motifs is 1. The highest BCUT2D eigenvalue weighted by molar-refractivity contribution is 5.94. The molecule has 0 N–H and O–H groups in total. The van der Waals surface area contributed by atoms with Gasteiger partial charge in [0, 0.05) is 44.1 Å². The average molecular weight is 342 g/mol. The van der Waals surface area contributed by atoms with E-state index in [4.69, 9.17) is 9.26 Å². The van der Waals surface area contributed by atoms with Crippen molar-refractivity contribution < 1.29 is 14.1 Å². The lowest BCUT2D eigenvalue weighted by Gasteiger charge is -2.36. The minimum atomic E-state index is 0.0170. The second-order valence-corrected chi connectivity index (χ2v) is 6.70. The Morgan fingerprint density at radius 1 is 1.36 bits per heavy atom. The molecule has 2 aliphatic heterocycles. The predicted molar refractivity (Wildman–Crippen MR) is 90.1 cm³/mol. The molecule has 4 heterocycles. The van der Waals surface area contributed by atoms with Gasteiger partial charge < -0.3 is 14.2 Å². The van der Waals surface area contributed by atoms with Gasteiger partial charge in [0.05, 0.1) is 30.0 Å². The second-order valence-electron chi connectivity index (χ2n) is 6.70. The standard InChI is InChI=1S/C18H22N4O3/c1-12-15(13(2)25-20-12)9-21-6-7-24-17-11-22(10-16(17)21)18(23)14-4-3-5-19-8-14/h3-5,8,16-17H,6-7,9-11H2,1-2H3/t16-,17+/m1/s1. The summed E-state index contributed by atoms with van der Waals surface area (Å²) in [6, 6.07) is 3.79. The molecular formula is C18H22N4O3. The van der Waals surface area contributed by atoms with Crippen LogP contribution in [0.1, 0.15) is 27.4 Å².